The average molecular weight is 374 g/mol. The first-order valence-electron chi connectivity index (χ1n) is 8.74. The molecule has 0 radical (unpaired) electrons. The summed E-state index contributed by atoms with van der Waals surface area (Å²) in [6.07, 6.45) is 0. The molecular weight excluding hydrogens is 350 g/mol. The minimum Gasteiger partial charge on any atom is -0.482 e. The van der Waals surface area contributed by atoms with E-state index in [0.717, 1.165) is 37.4 Å². The van der Waals surface area contributed by atoms with E-state index in [2.05, 4.69) is 34.3 Å². The van der Waals surface area contributed by atoms with E-state index in [-0.39, 0.29) is 12.5 Å². The van der Waals surface area contributed by atoms with Gasteiger partial charge in [0.15, 0.2) is 6.61 Å². The largest absolute Gasteiger partial charge is 0.482 e. The summed E-state index contributed by atoms with van der Waals surface area (Å²) in [5.41, 5.74) is 3.03. The lowest BCUT2D eigenvalue weighted by Crippen LogP contribution is -2.44. The number of halogens is 1. The van der Waals surface area contributed by atoms with Crippen molar-refractivity contribution in [3.8, 4) is 5.75 Å². The molecule has 6 heteroatoms. The van der Waals surface area contributed by atoms with Gasteiger partial charge in [0.2, 0.25) is 0 Å². The van der Waals surface area contributed by atoms with Gasteiger partial charge in [0.05, 0.1) is 5.02 Å². The van der Waals surface area contributed by atoms with Crippen LogP contribution in [0.4, 0.5) is 11.4 Å². The number of rotatable bonds is 5. The Morgan fingerprint density at radius 2 is 1.88 bits per heavy atom. The van der Waals surface area contributed by atoms with Gasteiger partial charge < -0.3 is 19.9 Å². The molecule has 0 bridgehead atoms. The van der Waals surface area contributed by atoms with Gasteiger partial charge in [0, 0.05) is 37.6 Å². The molecule has 1 heterocycles. The molecule has 5 nitrogen and oxygen atoms in total. The summed E-state index contributed by atoms with van der Waals surface area (Å²) in [6.45, 7) is 6.10. The van der Waals surface area contributed by atoms with E-state index < -0.39 is 0 Å². The molecule has 1 amide bonds. The van der Waals surface area contributed by atoms with Gasteiger partial charge in [-0.3, -0.25) is 4.79 Å². The number of anilines is 2. The molecule has 0 atom stereocenters. The molecule has 2 aromatic rings. The summed E-state index contributed by atoms with van der Waals surface area (Å²) in [4.78, 5) is 16.9. The van der Waals surface area contributed by atoms with Crippen LogP contribution >= 0.6 is 11.6 Å². The van der Waals surface area contributed by atoms with Crippen molar-refractivity contribution in [3.05, 3.63) is 53.1 Å². The first-order valence-corrected chi connectivity index (χ1v) is 9.12. The van der Waals surface area contributed by atoms with Crippen LogP contribution in [0.25, 0.3) is 0 Å². The molecule has 0 unspecified atom stereocenters. The van der Waals surface area contributed by atoms with Gasteiger partial charge >= 0.3 is 0 Å². The maximum Gasteiger partial charge on any atom is 0.262 e. The first-order chi connectivity index (χ1) is 12.5. The Kier molecular flexibility index (Phi) is 6.01. The van der Waals surface area contributed by atoms with Crippen LogP contribution in [0.2, 0.25) is 5.02 Å². The van der Waals surface area contributed by atoms with Gasteiger partial charge in [-0.25, -0.2) is 0 Å². The van der Waals surface area contributed by atoms with Crippen LogP contribution in [0.1, 0.15) is 5.56 Å². The van der Waals surface area contributed by atoms with Crippen LogP contribution in [0.5, 0.6) is 5.75 Å². The van der Waals surface area contributed by atoms with Crippen LogP contribution in [0.15, 0.2) is 42.5 Å². The molecular formula is C20H24ClN3O2. The highest BCUT2D eigenvalue weighted by Crippen LogP contribution is 2.25. The SMILES string of the molecule is Cc1cc(N2CCN(C)CC2)ccc1NC(=O)COc1ccccc1Cl. The quantitative estimate of drug-likeness (QED) is 0.872. The zero-order valence-electron chi connectivity index (χ0n) is 15.2. The smallest absolute Gasteiger partial charge is 0.262 e. The third-order valence-electron chi connectivity index (χ3n) is 4.55. The molecule has 138 valence electrons. The summed E-state index contributed by atoms with van der Waals surface area (Å²) in [6, 6.07) is 13.2. The molecule has 1 N–H and O–H groups in total. The minimum atomic E-state index is -0.208. The number of ether oxygens (including phenoxy) is 1. The zero-order chi connectivity index (χ0) is 18.5. The fourth-order valence-corrected chi connectivity index (χ4v) is 3.13. The second-order valence-corrected chi connectivity index (χ2v) is 6.96. The van der Waals surface area contributed by atoms with Crippen molar-refractivity contribution < 1.29 is 9.53 Å². The number of benzene rings is 2. The van der Waals surface area contributed by atoms with Gasteiger partial charge in [-0.15, -0.1) is 0 Å². The van der Waals surface area contributed by atoms with Crippen molar-refractivity contribution in [1.82, 2.24) is 4.90 Å². The number of carbonyl (C=O) groups is 1. The zero-order valence-corrected chi connectivity index (χ0v) is 15.9. The van der Waals surface area contributed by atoms with Crippen LogP contribution in [0, 0.1) is 6.92 Å². The number of hydrogen-bond acceptors (Lipinski definition) is 4. The van der Waals surface area contributed by atoms with Gasteiger partial charge in [0.25, 0.3) is 5.91 Å². The number of amides is 1. The standard InChI is InChI=1S/C20H24ClN3O2/c1-15-13-16(24-11-9-23(2)10-12-24)7-8-18(15)22-20(25)14-26-19-6-4-3-5-17(19)21/h3-8,13H,9-12,14H2,1-2H3,(H,22,25). The molecule has 0 spiro atoms. The number of piperazine rings is 1. The predicted octanol–water partition coefficient (Wildman–Crippen LogP) is 3.42. The van der Waals surface area contributed by atoms with Crippen molar-refractivity contribution in [2.24, 2.45) is 0 Å². The normalized spacial score (nSPS) is 15.0. The molecule has 0 aromatic heterocycles. The molecule has 1 fully saturated rings. The lowest BCUT2D eigenvalue weighted by molar-refractivity contribution is -0.118. The predicted molar refractivity (Wildman–Crippen MR) is 106 cm³/mol. The fourth-order valence-electron chi connectivity index (χ4n) is 2.94. The Bertz CT molecular complexity index is 773. The second kappa shape index (κ2) is 8.43. The average Bonchev–Trinajstić information content (AvgIpc) is 2.63. The van der Waals surface area contributed by atoms with Gasteiger partial charge in [-0.2, -0.15) is 0 Å². The van der Waals surface area contributed by atoms with E-state index in [1.165, 1.54) is 5.69 Å². The first kappa shape index (κ1) is 18.5. The highest BCUT2D eigenvalue weighted by Gasteiger charge is 2.15. The molecule has 1 aliphatic heterocycles. The molecule has 3 rings (SSSR count). The van der Waals surface area contributed by atoms with Crippen molar-refractivity contribution in [1.29, 1.82) is 0 Å². The lowest BCUT2D eigenvalue weighted by Gasteiger charge is -2.34. The fraction of sp³-hybridized carbons (Fsp3) is 0.350. The second-order valence-electron chi connectivity index (χ2n) is 6.56. The van der Waals surface area contributed by atoms with Crippen LogP contribution in [-0.2, 0) is 4.79 Å². The number of nitrogens with zero attached hydrogens (tertiary/aromatic N) is 2. The summed E-state index contributed by atoms with van der Waals surface area (Å²) in [7, 11) is 2.14. The van der Waals surface area contributed by atoms with Crippen LogP contribution in [-0.4, -0.2) is 50.6 Å². The minimum absolute atomic E-state index is 0.0800. The Morgan fingerprint density at radius 3 is 2.58 bits per heavy atom. The van der Waals surface area contributed by atoms with Gasteiger partial charge in [0.1, 0.15) is 5.75 Å². The van der Waals surface area contributed by atoms with Crippen LogP contribution in [0.3, 0.4) is 0 Å². The molecule has 1 saturated heterocycles. The highest BCUT2D eigenvalue weighted by molar-refractivity contribution is 6.32. The van der Waals surface area contributed by atoms with E-state index in [0.29, 0.717) is 10.8 Å². The summed E-state index contributed by atoms with van der Waals surface area (Å²) in [5, 5.41) is 3.40. The van der Waals surface area contributed by atoms with Crippen LogP contribution < -0.4 is 15.0 Å². The molecule has 1 aliphatic rings. The summed E-state index contributed by atoms with van der Waals surface area (Å²) in [5.74, 6) is 0.298. The number of hydrogen-bond donors (Lipinski definition) is 1. The Hall–Kier alpha value is -2.24. The van der Waals surface area contributed by atoms with Crippen molar-refractivity contribution in [3.63, 3.8) is 0 Å². The Balaban J connectivity index is 1.57. The number of nitrogens with one attached hydrogen (secondary N) is 1. The summed E-state index contributed by atoms with van der Waals surface area (Å²) >= 11 is 6.03. The molecule has 0 saturated carbocycles. The van der Waals surface area contributed by atoms with Crippen molar-refractivity contribution in [2.45, 2.75) is 6.92 Å². The van der Waals surface area contributed by atoms with Gasteiger partial charge in [-0.05, 0) is 49.9 Å². The van der Waals surface area contributed by atoms with Gasteiger partial charge in [-0.1, -0.05) is 23.7 Å². The number of carbonyl (C=O) groups excluding carboxylic acids is 1. The van der Waals surface area contributed by atoms with Crippen molar-refractivity contribution in [2.75, 3.05) is 50.1 Å². The van der Waals surface area contributed by atoms with Crippen molar-refractivity contribution >= 4 is 28.9 Å². The van der Waals surface area contributed by atoms with E-state index in [9.17, 15) is 4.79 Å². The topological polar surface area (TPSA) is 44.8 Å². The van der Waals surface area contributed by atoms with E-state index >= 15 is 0 Å². The monoisotopic (exact) mass is 373 g/mol. The Morgan fingerprint density at radius 1 is 1.15 bits per heavy atom. The molecule has 0 aliphatic carbocycles. The third-order valence-corrected chi connectivity index (χ3v) is 4.86. The Labute approximate surface area is 159 Å². The van der Waals surface area contributed by atoms with E-state index in [1.54, 1.807) is 12.1 Å². The number of likely N-dealkylation sites (N-methyl/N-ethyl adjacent to an activating group) is 1. The maximum absolute atomic E-state index is 12.2. The number of aryl methyl sites for hydroxylation is 1. The van der Waals surface area contributed by atoms with E-state index in [1.807, 2.05) is 25.1 Å². The molecule has 2 aromatic carbocycles. The molecule has 26 heavy (non-hydrogen) atoms. The lowest BCUT2D eigenvalue weighted by atomic mass is 10.1. The third kappa shape index (κ3) is 4.68. The highest BCUT2D eigenvalue weighted by atomic mass is 35.5. The summed E-state index contributed by atoms with van der Waals surface area (Å²) < 4.78 is 5.48. The number of para-hydroxylation sites is 1. The van der Waals surface area contributed by atoms with E-state index in [4.69, 9.17) is 16.3 Å². The maximum atomic E-state index is 12.2.